The first kappa shape index (κ1) is 12.2. The lowest BCUT2D eigenvalue weighted by molar-refractivity contribution is 0.219. The Morgan fingerprint density at radius 3 is 2.80 bits per heavy atom. The molecule has 0 aliphatic carbocycles. The molecule has 0 fully saturated rings. The van der Waals surface area contributed by atoms with Crippen molar-refractivity contribution in [3.05, 3.63) is 18.2 Å². The van der Waals surface area contributed by atoms with Crippen LogP contribution in [0.4, 0.5) is 0 Å². The topological polar surface area (TPSA) is 41.3 Å². The van der Waals surface area contributed by atoms with Gasteiger partial charge in [-0.05, 0) is 33.4 Å². The van der Waals surface area contributed by atoms with Gasteiger partial charge in [-0.2, -0.15) is 0 Å². The molecule has 0 atom stereocenters. The van der Waals surface area contributed by atoms with Crippen molar-refractivity contribution in [1.29, 1.82) is 0 Å². The Balaban J connectivity index is 2.09. The van der Waals surface area contributed by atoms with E-state index in [9.17, 15) is 0 Å². The fraction of sp³-hybridized carbons (Fsp3) is 0.727. The number of aliphatic hydroxyl groups excluding tert-OH is 1. The number of rotatable bonds is 7. The van der Waals surface area contributed by atoms with Gasteiger partial charge >= 0.3 is 0 Å². The molecule has 4 heteroatoms. The molecule has 86 valence electrons. The molecule has 0 saturated carbocycles. The van der Waals surface area contributed by atoms with Gasteiger partial charge in [0.25, 0.3) is 0 Å². The van der Waals surface area contributed by atoms with Crippen molar-refractivity contribution in [3.8, 4) is 0 Å². The predicted octanol–water partition coefficient (Wildman–Crippen LogP) is 0.896. The number of unbranched alkanes of at least 4 members (excludes halogenated alkanes) is 1. The Morgan fingerprint density at radius 1 is 1.40 bits per heavy atom. The summed E-state index contributed by atoms with van der Waals surface area (Å²) in [5.74, 6) is 1.08. The van der Waals surface area contributed by atoms with Crippen LogP contribution in [0.5, 0.6) is 0 Å². The molecule has 1 heterocycles. The van der Waals surface area contributed by atoms with E-state index in [0.29, 0.717) is 0 Å². The van der Waals surface area contributed by atoms with E-state index in [1.807, 2.05) is 26.4 Å². The molecule has 0 saturated heterocycles. The number of aliphatic hydroxyl groups is 1. The smallest absolute Gasteiger partial charge is 0.105 e. The molecule has 1 aromatic rings. The normalized spacial score (nSPS) is 11.2. The van der Waals surface area contributed by atoms with E-state index < -0.39 is 0 Å². The minimum atomic E-state index is 0.247. The zero-order valence-corrected chi connectivity index (χ0v) is 9.69. The molecule has 1 rings (SSSR count). The Morgan fingerprint density at radius 2 is 2.20 bits per heavy atom. The van der Waals surface area contributed by atoms with E-state index in [1.165, 1.54) is 0 Å². The lowest BCUT2D eigenvalue weighted by Crippen LogP contribution is -2.23. The summed E-state index contributed by atoms with van der Waals surface area (Å²) < 4.78 is 2.17. The predicted molar refractivity (Wildman–Crippen MR) is 60.8 cm³/mol. The van der Waals surface area contributed by atoms with Crippen molar-refractivity contribution >= 4 is 0 Å². The Labute approximate surface area is 91.5 Å². The fourth-order valence-corrected chi connectivity index (χ4v) is 1.59. The lowest BCUT2D eigenvalue weighted by atomic mass is 10.3. The van der Waals surface area contributed by atoms with Crippen LogP contribution in [0.2, 0.25) is 0 Å². The van der Waals surface area contributed by atoms with Crippen LogP contribution in [0.15, 0.2) is 12.4 Å². The SMILES string of the molecule is Cc1nccn1CCCCN(C)CCO. The van der Waals surface area contributed by atoms with Crippen LogP contribution in [0.25, 0.3) is 0 Å². The highest BCUT2D eigenvalue weighted by Gasteiger charge is 1.98. The molecule has 0 spiro atoms. The van der Waals surface area contributed by atoms with E-state index >= 15 is 0 Å². The first-order valence-corrected chi connectivity index (χ1v) is 5.51. The van der Waals surface area contributed by atoms with Crippen LogP contribution in [-0.4, -0.2) is 46.3 Å². The summed E-state index contributed by atoms with van der Waals surface area (Å²) in [6.45, 7) is 5.13. The minimum absolute atomic E-state index is 0.247. The molecular formula is C11H21N3O. The molecule has 0 aliphatic heterocycles. The number of hydrogen-bond donors (Lipinski definition) is 1. The van der Waals surface area contributed by atoms with Gasteiger partial charge in [-0.25, -0.2) is 4.98 Å². The average Bonchev–Trinajstić information content (AvgIpc) is 2.60. The van der Waals surface area contributed by atoms with E-state index in [4.69, 9.17) is 5.11 Å². The second kappa shape index (κ2) is 6.58. The number of hydrogen-bond acceptors (Lipinski definition) is 3. The zero-order chi connectivity index (χ0) is 11.1. The van der Waals surface area contributed by atoms with Gasteiger partial charge in [0.2, 0.25) is 0 Å². The summed E-state index contributed by atoms with van der Waals surface area (Å²) in [5.41, 5.74) is 0. The standard InChI is InChI=1S/C11H21N3O/c1-11-12-5-8-14(11)7-4-3-6-13(2)9-10-15/h5,8,15H,3-4,6-7,9-10H2,1-2H3. The van der Waals surface area contributed by atoms with Crippen molar-refractivity contribution in [2.75, 3.05) is 26.7 Å². The molecule has 0 unspecified atom stereocenters. The largest absolute Gasteiger partial charge is 0.395 e. The van der Waals surface area contributed by atoms with Crippen LogP contribution in [-0.2, 0) is 6.54 Å². The Bertz CT molecular complexity index is 273. The lowest BCUT2D eigenvalue weighted by Gasteiger charge is -2.14. The molecule has 0 amide bonds. The van der Waals surface area contributed by atoms with Crippen molar-refractivity contribution in [2.24, 2.45) is 0 Å². The molecule has 0 bridgehead atoms. The second-order valence-electron chi connectivity index (χ2n) is 3.90. The third-order valence-electron chi connectivity index (χ3n) is 2.59. The summed E-state index contributed by atoms with van der Waals surface area (Å²) in [4.78, 5) is 6.33. The summed E-state index contributed by atoms with van der Waals surface area (Å²) in [6, 6.07) is 0. The summed E-state index contributed by atoms with van der Waals surface area (Å²) in [6.07, 6.45) is 6.18. The first-order valence-electron chi connectivity index (χ1n) is 5.51. The maximum absolute atomic E-state index is 8.73. The maximum atomic E-state index is 8.73. The van der Waals surface area contributed by atoms with Crippen molar-refractivity contribution in [1.82, 2.24) is 14.5 Å². The van der Waals surface area contributed by atoms with Gasteiger partial charge in [0.15, 0.2) is 0 Å². The highest BCUT2D eigenvalue weighted by Crippen LogP contribution is 2.00. The summed E-state index contributed by atoms with van der Waals surface area (Å²) in [7, 11) is 2.04. The molecular weight excluding hydrogens is 190 g/mol. The van der Waals surface area contributed by atoms with Crippen LogP contribution in [0.3, 0.4) is 0 Å². The molecule has 1 aromatic heterocycles. The van der Waals surface area contributed by atoms with E-state index in [1.54, 1.807) is 0 Å². The van der Waals surface area contributed by atoms with Gasteiger partial charge in [0.1, 0.15) is 5.82 Å². The second-order valence-corrected chi connectivity index (χ2v) is 3.90. The van der Waals surface area contributed by atoms with E-state index in [0.717, 1.165) is 38.3 Å². The number of imidazole rings is 1. The fourth-order valence-electron chi connectivity index (χ4n) is 1.59. The van der Waals surface area contributed by atoms with Gasteiger partial charge < -0.3 is 14.6 Å². The molecule has 0 aliphatic rings. The number of aryl methyl sites for hydroxylation is 2. The monoisotopic (exact) mass is 211 g/mol. The molecule has 0 radical (unpaired) electrons. The van der Waals surface area contributed by atoms with Crippen molar-refractivity contribution < 1.29 is 5.11 Å². The van der Waals surface area contributed by atoms with Gasteiger partial charge in [-0.1, -0.05) is 0 Å². The van der Waals surface area contributed by atoms with E-state index in [-0.39, 0.29) is 6.61 Å². The van der Waals surface area contributed by atoms with Crippen LogP contribution in [0, 0.1) is 6.92 Å². The maximum Gasteiger partial charge on any atom is 0.105 e. The quantitative estimate of drug-likeness (QED) is 0.681. The number of aromatic nitrogens is 2. The first-order chi connectivity index (χ1) is 7.24. The van der Waals surface area contributed by atoms with Gasteiger partial charge in [0, 0.05) is 25.5 Å². The van der Waals surface area contributed by atoms with Crippen LogP contribution in [0.1, 0.15) is 18.7 Å². The number of nitrogens with zero attached hydrogens (tertiary/aromatic N) is 3. The third kappa shape index (κ3) is 4.44. The molecule has 4 nitrogen and oxygen atoms in total. The summed E-state index contributed by atoms with van der Waals surface area (Å²) in [5, 5.41) is 8.73. The zero-order valence-electron chi connectivity index (χ0n) is 9.69. The van der Waals surface area contributed by atoms with Crippen LogP contribution >= 0.6 is 0 Å². The highest BCUT2D eigenvalue weighted by atomic mass is 16.3. The molecule has 15 heavy (non-hydrogen) atoms. The average molecular weight is 211 g/mol. The van der Waals surface area contributed by atoms with E-state index in [2.05, 4.69) is 14.5 Å². The highest BCUT2D eigenvalue weighted by molar-refractivity contribution is 4.87. The van der Waals surface area contributed by atoms with Gasteiger partial charge in [0.05, 0.1) is 6.61 Å². The Hall–Kier alpha value is -0.870. The van der Waals surface area contributed by atoms with Gasteiger partial charge in [-0.15, -0.1) is 0 Å². The number of likely N-dealkylation sites (N-methyl/N-ethyl adjacent to an activating group) is 1. The van der Waals surface area contributed by atoms with Crippen molar-refractivity contribution in [2.45, 2.75) is 26.3 Å². The minimum Gasteiger partial charge on any atom is -0.395 e. The van der Waals surface area contributed by atoms with Crippen LogP contribution < -0.4 is 0 Å². The Kier molecular flexibility index (Phi) is 5.36. The van der Waals surface area contributed by atoms with Gasteiger partial charge in [-0.3, -0.25) is 0 Å². The molecule has 1 N–H and O–H groups in total. The van der Waals surface area contributed by atoms with Crippen molar-refractivity contribution in [3.63, 3.8) is 0 Å². The third-order valence-corrected chi connectivity index (χ3v) is 2.59. The molecule has 0 aromatic carbocycles. The summed E-state index contributed by atoms with van der Waals surface area (Å²) >= 11 is 0.